The molecule has 3 aromatic rings. The number of benzene rings is 3. The van der Waals surface area contributed by atoms with Gasteiger partial charge in [-0.25, -0.2) is 9.89 Å². The lowest BCUT2D eigenvalue weighted by Gasteiger charge is -2.27. The number of para-hydroxylation sites is 1. The predicted octanol–water partition coefficient (Wildman–Crippen LogP) is 4.63. The average molecular weight is 614 g/mol. The standard InChI is InChI=1S/C32H31N5O6S/c1-3-27(30(39)34-20-7-6-8-21(16-20)41-2)44-32-36-23-10-5-4-9-22(23)29-35-24(31(40)37(29)32)12-14-28(38)33-17-19-11-13-25-26(15-19)43-18-42-25/h4-11,13,15-16,24,27H,3,12,14,17-18H2,1-2H3,(H,33,38)(H,34,39). The number of amides is 3. The van der Waals surface area contributed by atoms with E-state index in [-0.39, 0.29) is 37.4 Å². The number of carbonyl (C=O) groups is 3. The molecule has 2 unspecified atom stereocenters. The number of hydrogen-bond donors (Lipinski definition) is 2. The van der Waals surface area contributed by atoms with E-state index < -0.39 is 11.3 Å². The van der Waals surface area contributed by atoms with Crippen molar-refractivity contribution in [1.29, 1.82) is 0 Å². The molecule has 12 heteroatoms. The highest BCUT2D eigenvalue weighted by Gasteiger charge is 2.42. The Kier molecular flexibility index (Phi) is 8.51. The van der Waals surface area contributed by atoms with Gasteiger partial charge < -0.3 is 24.8 Å². The lowest BCUT2D eigenvalue weighted by atomic mass is 10.1. The Morgan fingerprint density at radius 1 is 1.09 bits per heavy atom. The van der Waals surface area contributed by atoms with Crippen molar-refractivity contribution >= 4 is 51.9 Å². The molecule has 2 atom stereocenters. The minimum absolute atomic E-state index is 0.118. The van der Waals surface area contributed by atoms with Crippen LogP contribution in [0.25, 0.3) is 0 Å². The monoisotopic (exact) mass is 613 g/mol. The van der Waals surface area contributed by atoms with Gasteiger partial charge in [-0.05, 0) is 54.8 Å². The minimum atomic E-state index is -0.746. The summed E-state index contributed by atoms with van der Waals surface area (Å²) < 4.78 is 16.0. The first-order chi connectivity index (χ1) is 21.4. The summed E-state index contributed by atoms with van der Waals surface area (Å²) in [5.41, 5.74) is 2.89. The highest BCUT2D eigenvalue weighted by Crippen LogP contribution is 2.36. The van der Waals surface area contributed by atoms with Crippen LogP contribution in [0, 0.1) is 0 Å². The summed E-state index contributed by atoms with van der Waals surface area (Å²) in [6, 6.07) is 19.4. The van der Waals surface area contributed by atoms with E-state index in [2.05, 4.69) is 10.6 Å². The Labute approximate surface area is 258 Å². The predicted molar refractivity (Wildman–Crippen MR) is 168 cm³/mol. The molecule has 2 N–H and O–H groups in total. The highest BCUT2D eigenvalue weighted by molar-refractivity contribution is 8.15. The number of aliphatic imine (C=N–C) groups is 2. The Morgan fingerprint density at radius 3 is 2.77 bits per heavy atom. The molecule has 0 spiro atoms. The van der Waals surface area contributed by atoms with Crippen molar-refractivity contribution in [1.82, 2.24) is 10.2 Å². The summed E-state index contributed by atoms with van der Waals surface area (Å²) >= 11 is 1.22. The van der Waals surface area contributed by atoms with E-state index in [9.17, 15) is 14.4 Å². The number of amidine groups is 2. The summed E-state index contributed by atoms with van der Waals surface area (Å²) in [4.78, 5) is 50.7. The Bertz CT molecular complexity index is 1670. The van der Waals surface area contributed by atoms with E-state index in [0.29, 0.717) is 52.6 Å². The van der Waals surface area contributed by atoms with Crippen LogP contribution in [0.15, 0.2) is 76.7 Å². The Morgan fingerprint density at radius 2 is 1.93 bits per heavy atom. The number of anilines is 1. The van der Waals surface area contributed by atoms with E-state index >= 15 is 0 Å². The zero-order chi connectivity index (χ0) is 30.6. The molecule has 3 aromatic carbocycles. The minimum Gasteiger partial charge on any atom is -0.497 e. The van der Waals surface area contributed by atoms with Crippen LogP contribution in [-0.2, 0) is 20.9 Å². The van der Waals surface area contributed by atoms with Gasteiger partial charge in [0.1, 0.15) is 17.6 Å². The first-order valence-electron chi connectivity index (χ1n) is 14.3. The van der Waals surface area contributed by atoms with Gasteiger partial charge in [0.2, 0.25) is 18.6 Å². The van der Waals surface area contributed by atoms with Gasteiger partial charge in [0, 0.05) is 30.3 Å². The van der Waals surface area contributed by atoms with Crippen LogP contribution in [0.2, 0.25) is 0 Å². The Balaban J connectivity index is 1.13. The lowest BCUT2D eigenvalue weighted by molar-refractivity contribution is -0.125. The maximum Gasteiger partial charge on any atom is 0.259 e. The Hall–Kier alpha value is -4.84. The zero-order valence-corrected chi connectivity index (χ0v) is 25.1. The van der Waals surface area contributed by atoms with Gasteiger partial charge in [-0.15, -0.1) is 0 Å². The largest absolute Gasteiger partial charge is 0.497 e. The number of fused-ring (bicyclic) bond motifs is 4. The molecule has 6 rings (SSSR count). The van der Waals surface area contributed by atoms with Gasteiger partial charge in [-0.3, -0.25) is 19.4 Å². The topological polar surface area (TPSA) is 131 Å². The third-order valence-corrected chi connectivity index (χ3v) is 8.68. The van der Waals surface area contributed by atoms with Crippen LogP contribution in [0.5, 0.6) is 17.2 Å². The summed E-state index contributed by atoms with van der Waals surface area (Å²) in [6.07, 6.45) is 0.857. The van der Waals surface area contributed by atoms with Crippen molar-refractivity contribution in [3.8, 4) is 17.2 Å². The molecular formula is C32H31N5O6S. The molecule has 0 fully saturated rings. The second kappa shape index (κ2) is 12.8. The van der Waals surface area contributed by atoms with E-state index in [4.69, 9.17) is 24.2 Å². The lowest BCUT2D eigenvalue weighted by Crippen LogP contribution is -2.42. The molecule has 0 saturated carbocycles. The normalized spacial score (nSPS) is 16.8. The maximum atomic E-state index is 13.7. The van der Waals surface area contributed by atoms with Crippen LogP contribution in [0.1, 0.15) is 37.3 Å². The molecule has 0 bridgehead atoms. The van der Waals surface area contributed by atoms with Gasteiger partial charge in [0.25, 0.3) is 5.91 Å². The quantitative estimate of drug-likeness (QED) is 0.341. The number of nitrogens with zero attached hydrogens (tertiary/aromatic N) is 3. The van der Waals surface area contributed by atoms with Crippen molar-refractivity contribution < 1.29 is 28.6 Å². The van der Waals surface area contributed by atoms with Gasteiger partial charge in [-0.1, -0.05) is 43.0 Å². The molecule has 0 saturated heterocycles. The van der Waals surface area contributed by atoms with Crippen LogP contribution in [-0.4, -0.2) is 58.8 Å². The third-order valence-electron chi connectivity index (χ3n) is 7.37. The summed E-state index contributed by atoms with van der Waals surface area (Å²) in [7, 11) is 1.57. The maximum absolute atomic E-state index is 13.7. The van der Waals surface area contributed by atoms with E-state index in [0.717, 1.165) is 11.1 Å². The smallest absolute Gasteiger partial charge is 0.259 e. The van der Waals surface area contributed by atoms with Crippen molar-refractivity contribution in [2.75, 3.05) is 19.2 Å². The molecule has 11 nitrogen and oxygen atoms in total. The number of nitrogens with one attached hydrogen (secondary N) is 2. The van der Waals surface area contributed by atoms with E-state index in [1.807, 2.05) is 49.4 Å². The second-order valence-corrected chi connectivity index (χ2v) is 11.5. The van der Waals surface area contributed by atoms with E-state index in [1.165, 1.54) is 16.7 Å². The molecule has 3 heterocycles. The van der Waals surface area contributed by atoms with Gasteiger partial charge in [-0.2, -0.15) is 0 Å². The van der Waals surface area contributed by atoms with Crippen molar-refractivity contribution in [3.63, 3.8) is 0 Å². The molecule has 0 aromatic heterocycles. The number of carbonyl (C=O) groups excluding carboxylic acids is 3. The number of methoxy groups -OCH3 is 1. The molecule has 0 radical (unpaired) electrons. The second-order valence-electron chi connectivity index (χ2n) is 10.3. The van der Waals surface area contributed by atoms with Gasteiger partial charge in [0.15, 0.2) is 16.7 Å². The first kappa shape index (κ1) is 29.2. The van der Waals surface area contributed by atoms with Crippen LogP contribution in [0.3, 0.4) is 0 Å². The fourth-order valence-corrected chi connectivity index (χ4v) is 6.07. The number of rotatable bonds is 10. The fraction of sp³-hybridized carbons (Fsp3) is 0.281. The average Bonchev–Trinajstić information content (AvgIpc) is 3.65. The molecule has 44 heavy (non-hydrogen) atoms. The molecular weight excluding hydrogens is 582 g/mol. The third kappa shape index (κ3) is 6.11. The van der Waals surface area contributed by atoms with Crippen molar-refractivity contribution in [2.45, 2.75) is 44.0 Å². The summed E-state index contributed by atoms with van der Waals surface area (Å²) in [6.45, 7) is 2.42. The van der Waals surface area contributed by atoms with Crippen LogP contribution in [0.4, 0.5) is 11.4 Å². The molecule has 3 amide bonds. The number of ether oxygens (including phenoxy) is 3. The summed E-state index contributed by atoms with van der Waals surface area (Å²) in [5, 5.41) is 5.70. The fourth-order valence-electron chi connectivity index (χ4n) is 5.05. The highest BCUT2D eigenvalue weighted by atomic mass is 32.2. The molecule has 3 aliphatic heterocycles. The summed E-state index contributed by atoms with van der Waals surface area (Å²) in [5.74, 6) is 1.77. The molecule has 226 valence electrons. The van der Waals surface area contributed by atoms with Crippen molar-refractivity contribution in [3.05, 3.63) is 77.9 Å². The van der Waals surface area contributed by atoms with Crippen molar-refractivity contribution in [2.24, 2.45) is 9.98 Å². The van der Waals surface area contributed by atoms with Crippen LogP contribution < -0.4 is 24.8 Å². The SMILES string of the molecule is CCC(SC1=Nc2ccccc2C2=NC(CCC(=O)NCc3ccc4c(c3)OCO4)C(=O)N12)C(=O)Nc1cccc(OC)c1. The number of thioether (sulfide) groups is 1. The van der Waals surface area contributed by atoms with E-state index in [1.54, 1.807) is 31.4 Å². The van der Waals surface area contributed by atoms with Gasteiger partial charge >= 0.3 is 0 Å². The van der Waals surface area contributed by atoms with Gasteiger partial charge in [0.05, 0.1) is 18.0 Å². The molecule has 3 aliphatic rings. The number of hydrogen-bond acceptors (Lipinski definition) is 9. The zero-order valence-electron chi connectivity index (χ0n) is 24.2. The van der Waals surface area contributed by atoms with Crippen LogP contribution >= 0.6 is 11.8 Å². The first-order valence-corrected chi connectivity index (χ1v) is 15.2. The molecule has 0 aliphatic carbocycles.